The number of nitrogens with zero attached hydrogens (tertiary/aromatic N) is 3. The zero-order chi connectivity index (χ0) is 25.0. The van der Waals surface area contributed by atoms with Crippen molar-refractivity contribution in [3.63, 3.8) is 0 Å². The Bertz CT molecular complexity index is 1210. The zero-order valence-electron chi connectivity index (χ0n) is 20.7. The fraction of sp³-hybridized carbons (Fsp3) is 0.370. The molecule has 0 aliphatic rings. The maximum absolute atomic E-state index is 12.6. The lowest BCUT2D eigenvalue weighted by molar-refractivity contribution is -0.597. The van der Waals surface area contributed by atoms with Crippen LogP contribution in [0.4, 0.5) is 11.4 Å². The van der Waals surface area contributed by atoms with Crippen molar-refractivity contribution in [1.29, 1.82) is 0 Å². The van der Waals surface area contributed by atoms with Crippen LogP contribution in [0, 0.1) is 6.92 Å². The predicted molar refractivity (Wildman–Crippen MR) is 134 cm³/mol. The molecule has 0 bridgehead atoms. The number of hydrogen-bond acceptors (Lipinski definition) is 6. The van der Waals surface area contributed by atoms with Crippen molar-refractivity contribution < 1.29 is 31.6 Å². The topological polar surface area (TPSA) is 108 Å². The van der Waals surface area contributed by atoms with E-state index < -0.39 is 17.4 Å². The van der Waals surface area contributed by atoms with Crippen molar-refractivity contribution in [2.75, 3.05) is 6.61 Å². The molecule has 2 aromatic heterocycles. The van der Waals surface area contributed by atoms with Gasteiger partial charge in [0.05, 0.1) is 17.7 Å². The Hall–Kier alpha value is -3.52. The quantitative estimate of drug-likeness (QED) is 0.168. The summed E-state index contributed by atoms with van der Waals surface area (Å²) in [6.07, 6.45) is 11.4. The minimum atomic E-state index is -0.464. The third-order valence-electron chi connectivity index (χ3n) is 5.72. The molecular weight excluding hydrogens is 480 g/mol. The summed E-state index contributed by atoms with van der Waals surface area (Å²) in [4.78, 5) is 27.5. The molecule has 0 aliphatic heterocycles. The second-order valence-corrected chi connectivity index (χ2v) is 8.38. The van der Waals surface area contributed by atoms with Gasteiger partial charge in [-0.2, -0.15) is 4.57 Å². The normalized spacial score (nSPS) is 10.8. The van der Waals surface area contributed by atoms with E-state index in [0.29, 0.717) is 29.1 Å². The van der Waals surface area contributed by atoms with Crippen molar-refractivity contribution in [2.24, 2.45) is 10.2 Å². The molecule has 9 heteroatoms. The molecule has 0 unspecified atom stereocenters. The van der Waals surface area contributed by atoms with Gasteiger partial charge in [-0.3, -0.25) is 9.78 Å². The van der Waals surface area contributed by atoms with E-state index in [9.17, 15) is 14.7 Å². The summed E-state index contributed by atoms with van der Waals surface area (Å²) in [5.41, 5.74) is 1.03. The van der Waals surface area contributed by atoms with Crippen LogP contribution in [-0.2, 0) is 4.74 Å². The lowest BCUT2D eigenvalue weighted by Gasteiger charge is -2.07. The highest BCUT2D eigenvalue weighted by Gasteiger charge is 2.22. The number of carbonyl (C=O) groups excluding carboxylic acids is 1. The van der Waals surface area contributed by atoms with Crippen molar-refractivity contribution >= 4 is 17.3 Å². The highest BCUT2D eigenvalue weighted by atomic mass is 35.5. The molecule has 3 rings (SSSR count). The van der Waals surface area contributed by atoms with Crippen LogP contribution in [0.1, 0.15) is 67.8 Å². The molecule has 0 amide bonds. The molecule has 0 saturated heterocycles. The Labute approximate surface area is 217 Å². The minimum absolute atomic E-state index is 0. The number of carbonyl (C=O) groups is 1. The van der Waals surface area contributed by atoms with Gasteiger partial charge >= 0.3 is 11.5 Å². The SMILES string of the molecule is CCCCCCCCCOC(=O)c1ccccc1N=Nc1c(O)[nH]c(=O)c(-[n+]2ccccc2)c1C.[Cl-]. The molecule has 192 valence electrons. The standard InChI is InChI=1S/C27H32N4O4.ClH/c1-3-4-5-6-7-8-14-19-35-27(34)21-15-10-11-16-22(21)29-30-23-20(2)24(26(33)28-25(23)32)31-17-12-9-13-18-31;/h9-13,15-18H,3-8,14,19H2,1-2H3,(H-,28,29,32,33,34);1H. The van der Waals surface area contributed by atoms with E-state index in [1.165, 1.54) is 25.7 Å². The Morgan fingerprint density at radius 1 is 0.972 bits per heavy atom. The molecule has 0 radical (unpaired) electrons. The van der Waals surface area contributed by atoms with Gasteiger partial charge in [0.2, 0.25) is 5.88 Å². The van der Waals surface area contributed by atoms with E-state index >= 15 is 0 Å². The first-order valence-corrected chi connectivity index (χ1v) is 12.1. The molecule has 0 atom stereocenters. The van der Waals surface area contributed by atoms with Crippen molar-refractivity contribution in [3.05, 3.63) is 76.3 Å². The minimum Gasteiger partial charge on any atom is -1.00 e. The molecule has 2 N–H and O–H groups in total. The molecule has 2 heterocycles. The van der Waals surface area contributed by atoms with Gasteiger partial charge in [-0.05, 0) is 25.5 Å². The number of unbranched alkanes of at least 4 members (excludes halogenated alkanes) is 6. The predicted octanol–water partition coefficient (Wildman–Crippen LogP) is 2.99. The van der Waals surface area contributed by atoms with Gasteiger partial charge in [0, 0.05) is 12.1 Å². The smallest absolute Gasteiger partial charge is 0.340 e. The first kappa shape index (κ1) is 28.7. The summed E-state index contributed by atoms with van der Waals surface area (Å²) in [5, 5.41) is 18.7. The number of azo groups is 1. The Balaban J connectivity index is 0.00000456. The number of hydrogen-bond donors (Lipinski definition) is 2. The summed E-state index contributed by atoms with van der Waals surface area (Å²) in [7, 11) is 0. The highest BCUT2D eigenvalue weighted by Crippen LogP contribution is 2.31. The van der Waals surface area contributed by atoms with Crippen molar-refractivity contribution in [3.8, 4) is 11.6 Å². The summed E-state index contributed by atoms with van der Waals surface area (Å²) in [6.45, 7) is 4.24. The fourth-order valence-electron chi connectivity index (χ4n) is 3.81. The molecule has 1 aromatic carbocycles. The number of aromatic amines is 1. The Morgan fingerprint density at radius 3 is 2.36 bits per heavy atom. The molecule has 36 heavy (non-hydrogen) atoms. The number of H-pyrrole nitrogens is 1. The number of halogens is 1. The Morgan fingerprint density at radius 2 is 1.64 bits per heavy atom. The number of aromatic nitrogens is 2. The average molecular weight is 513 g/mol. The largest absolute Gasteiger partial charge is 1.00 e. The molecule has 0 saturated carbocycles. The number of rotatable bonds is 12. The number of nitrogens with one attached hydrogen (secondary N) is 1. The Kier molecular flexibility index (Phi) is 11.8. The van der Waals surface area contributed by atoms with E-state index in [-0.39, 0.29) is 18.1 Å². The van der Waals surface area contributed by atoms with Crippen molar-refractivity contribution in [2.45, 2.75) is 58.8 Å². The van der Waals surface area contributed by atoms with Crippen LogP contribution < -0.4 is 22.5 Å². The lowest BCUT2D eigenvalue weighted by atomic mass is 10.1. The van der Waals surface area contributed by atoms with E-state index in [1.54, 1.807) is 60.3 Å². The number of pyridine rings is 2. The van der Waals surface area contributed by atoms with Gasteiger partial charge in [-0.15, -0.1) is 10.2 Å². The summed E-state index contributed by atoms with van der Waals surface area (Å²) >= 11 is 0. The number of esters is 1. The molecule has 3 aromatic rings. The van der Waals surface area contributed by atoms with Crippen LogP contribution in [0.3, 0.4) is 0 Å². The second kappa shape index (κ2) is 14.8. The van der Waals surface area contributed by atoms with E-state index in [2.05, 4.69) is 22.1 Å². The van der Waals surface area contributed by atoms with E-state index in [0.717, 1.165) is 19.3 Å². The van der Waals surface area contributed by atoms with E-state index in [1.807, 2.05) is 6.07 Å². The van der Waals surface area contributed by atoms with Gasteiger partial charge in [0.15, 0.2) is 18.1 Å². The molecule has 0 spiro atoms. The summed E-state index contributed by atoms with van der Waals surface area (Å²) < 4.78 is 7.09. The third kappa shape index (κ3) is 7.75. The number of ether oxygens (including phenoxy) is 1. The molecule has 0 aliphatic carbocycles. The first-order chi connectivity index (χ1) is 17.0. The van der Waals surface area contributed by atoms with Gasteiger partial charge < -0.3 is 22.3 Å². The van der Waals surface area contributed by atoms with Gasteiger partial charge in [-0.25, -0.2) is 4.79 Å². The fourth-order valence-corrected chi connectivity index (χ4v) is 3.81. The highest BCUT2D eigenvalue weighted by molar-refractivity contribution is 5.94. The number of aromatic hydroxyl groups is 1. The van der Waals surface area contributed by atoms with Crippen LogP contribution in [0.15, 0.2) is 69.9 Å². The van der Waals surface area contributed by atoms with Crippen LogP contribution in [0.25, 0.3) is 5.69 Å². The third-order valence-corrected chi connectivity index (χ3v) is 5.72. The first-order valence-electron chi connectivity index (χ1n) is 12.1. The zero-order valence-corrected chi connectivity index (χ0v) is 21.5. The van der Waals surface area contributed by atoms with Gasteiger partial charge in [0.25, 0.3) is 5.69 Å². The second-order valence-electron chi connectivity index (χ2n) is 8.38. The molecule has 8 nitrogen and oxygen atoms in total. The average Bonchev–Trinajstić information content (AvgIpc) is 2.86. The van der Waals surface area contributed by atoms with Crippen molar-refractivity contribution in [1.82, 2.24) is 4.98 Å². The van der Waals surface area contributed by atoms with Crippen LogP contribution in [0.2, 0.25) is 0 Å². The number of benzene rings is 1. The van der Waals surface area contributed by atoms with Crippen LogP contribution in [0.5, 0.6) is 5.88 Å². The maximum atomic E-state index is 12.6. The molecular formula is C27H33ClN4O4. The maximum Gasteiger partial charge on any atom is 0.340 e. The van der Waals surface area contributed by atoms with Crippen LogP contribution >= 0.6 is 0 Å². The monoisotopic (exact) mass is 512 g/mol. The van der Waals surface area contributed by atoms with Gasteiger partial charge in [-0.1, -0.05) is 63.6 Å². The van der Waals surface area contributed by atoms with Crippen LogP contribution in [-0.4, -0.2) is 22.7 Å². The summed E-state index contributed by atoms with van der Waals surface area (Å²) in [5.74, 6) is -0.857. The van der Waals surface area contributed by atoms with Gasteiger partial charge in [0.1, 0.15) is 5.69 Å². The molecule has 0 fully saturated rings. The summed E-state index contributed by atoms with van der Waals surface area (Å²) in [6, 6.07) is 12.2. The van der Waals surface area contributed by atoms with E-state index in [4.69, 9.17) is 4.74 Å². The lowest BCUT2D eigenvalue weighted by Crippen LogP contribution is -3.00.